The number of rotatable bonds is 6. The number of tetrazole rings is 1. The minimum atomic E-state index is -1.52. The van der Waals surface area contributed by atoms with Gasteiger partial charge in [0.15, 0.2) is 0 Å². The number of carboxylic acid groups (broad SMARTS) is 1. The van der Waals surface area contributed by atoms with Gasteiger partial charge in [0.1, 0.15) is 5.75 Å². The van der Waals surface area contributed by atoms with Gasteiger partial charge in [-0.1, -0.05) is 17.3 Å². The highest BCUT2D eigenvalue weighted by Crippen LogP contribution is 2.30. The topological polar surface area (TPSA) is 198 Å². The summed E-state index contributed by atoms with van der Waals surface area (Å²) in [6.45, 7) is 0.502. The van der Waals surface area contributed by atoms with Crippen LogP contribution < -0.4 is 15.7 Å². The largest absolute Gasteiger partial charge is 0.547 e. The number of hydrogen-bond acceptors (Lipinski definition) is 10. The van der Waals surface area contributed by atoms with Gasteiger partial charge in [0.05, 0.1) is 18.0 Å². The second-order valence-electron chi connectivity index (χ2n) is 5.84. The van der Waals surface area contributed by atoms with Crippen LogP contribution >= 0.6 is 0 Å². The maximum Gasteiger partial charge on any atom is 0.547 e. The van der Waals surface area contributed by atoms with E-state index in [1.54, 1.807) is 6.07 Å². The summed E-state index contributed by atoms with van der Waals surface area (Å²) in [4.78, 5) is 24.8. The average molecular weight is 389 g/mol. The van der Waals surface area contributed by atoms with Gasteiger partial charge in [0.2, 0.25) is 11.5 Å². The molecule has 1 aliphatic rings. The number of nitrogens with two attached hydrogens (primary N) is 1. The Morgan fingerprint density at radius 1 is 1.46 bits per heavy atom. The average Bonchev–Trinajstić information content (AvgIpc) is 3.11. The van der Waals surface area contributed by atoms with Gasteiger partial charge >= 0.3 is 13.1 Å². The third kappa shape index (κ3) is 3.77. The van der Waals surface area contributed by atoms with E-state index in [-0.39, 0.29) is 36.6 Å². The van der Waals surface area contributed by atoms with Gasteiger partial charge in [-0.15, -0.1) is 10.2 Å². The smallest absolute Gasteiger partial charge is 0.534 e. The molecule has 13 nitrogen and oxygen atoms in total. The monoisotopic (exact) mass is 389 g/mol. The molecule has 2 aromatic rings. The lowest BCUT2D eigenvalue weighted by Crippen LogP contribution is -2.54. The van der Waals surface area contributed by atoms with E-state index >= 15 is 0 Å². The van der Waals surface area contributed by atoms with Crippen molar-refractivity contribution < 1.29 is 29.6 Å². The van der Waals surface area contributed by atoms with Crippen LogP contribution in [0.3, 0.4) is 0 Å². The summed E-state index contributed by atoms with van der Waals surface area (Å²) in [6, 6.07) is 4.50. The first-order valence-electron chi connectivity index (χ1n) is 8.15. The zero-order valence-corrected chi connectivity index (χ0v) is 14.4. The van der Waals surface area contributed by atoms with Gasteiger partial charge < -0.3 is 31.0 Å². The first-order chi connectivity index (χ1) is 13.4. The van der Waals surface area contributed by atoms with Crippen LogP contribution in [-0.4, -0.2) is 72.7 Å². The summed E-state index contributed by atoms with van der Waals surface area (Å²) in [5, 5.41) is 45.1. The zero-order chi connectivity index (χ0) is 20.3. The molecular formula is C14H16BN7O6. The summed E-state index contributed by atoms with van der Waals surface area (Å²) in [7, 11) is -1.52. The van der Waals surface area contributed by atoms with Crippen molar-refractivity contribution in [1.82, 2.24) is 25.5 Å². The third-order valence-corrected chi connectivity index (χ3v) is 3.97. The van der Waals surface area contributed by atoms with Crippen LogP contribution in [0.1, 0.15) is 21.7 Å². The van der Waals surface area contributed by atoms with Crippen molar-refractivity contribution in [3.8, 4) is 5.75 Å². The van der Waals surface area contributed by atoms with Crippen molar-refractivity contribution in [2.24, 2.45) is 10.9 Å². The number of aromatic nitrogens is 4. The van der Waals surface area contributed by atoms with E-state index in [9.17, 15) is 19.7 Å². The first kappa shape index (κ1) is 19.3. The molecule has 28 heavy (non-hydrogen) atoms. The zero-order valence-electron chi connectivity index (χ0n) is 14.4. The second kappa shape index (κ2) is 8.02. The fraction of sp³-hybridized carbons (Fsp3) is 0.286. The normalized spacial score (nSPS) is 16.3. The molecule has 0 saturated carbocycles. The maximum absolute atomic E-state index is 12.4. The second-order valence-corrected chi connectivity index (χ2v) is 5.84. The molecule has 0 bridgehead atoms. The lowest BCUT2D eigenvalue weighted by Gasteiger charge is -2.28. The minimum Gasteiger partial charge on any atom is -0.534 e. The van der Waals surface area contributed by atoms with Gasteiger partial charge in [0, 0.05) is 6.54 Å². The number of benzene rings is 1. The highest BCUT2D eigenvalue weighted by Gasteiger charge is 2.38. The molecule has 1 unspecified atom stereocenters. The number of nitrogens with one attached hydrogen (secondary N) is 1. The summed E-state index contributed by atoms with van der Waals surface area (Å²) in [5.74, 6) is -3.20. The van der Waals surface area contributed by atoms with Crippen molar-refractivity contribution in [2.45, 2.75) is 18.9 Å². The first-order valence-corrected chi connectivity index (χ1v) is 8.15. The summed E-state index contributed by atoms with van der Waals surface area (Å²) < 4.78 is 5.29. The number of amides is 1. The molecule has 1 aromatic heterocycles. The van der Waals surface area contributed by atoms with Crippen LogP contribution in [0.2, 0.25) is 0 Å². The molecule has 0 spiro atoms. The quantitative estimate of drug-likeness (QED) is 0.154. The highest BCUT2D eigenvalue weighted by atomic mass is 16.5. The summed E-state index contributed by atoms with van der Waals surface area (Å²) >= 11 is 0. The molecule has 1 amide bonds. The van der Waals surface area contributed by atoms with Crippen LogP contribution in [0, 0.1) is 0 Å². The van der Waals surface area contributed by atoms with Gasteiger partial charge in [-0.05, 0) is 23.3 Å². The summed E-state index contributed by atoms with van der Waals surface area (Å²) in [5.41, 5.74) is 5.26. The van der Waals surface area contributed by atoms with Crippen molar-refractivity contribution in [2.75, 3.05) is 6.54 Å². The summed E-state index contributed by atoms with van der Waals surface area (Å²) in [6.07, 6.45) is 0.0926. The SMILES string of the molecule is NCCn1nnc(C(=NO)C(=O)NC2Cc3cccc(C(=O)O)c3OB2O)n1. The van der Waals surface area contributed by atoms with Crippen LogP contribution in [0.25, 0.3) is 0 Å². The Labute approximate surface area is 157 Å². The molecule has 6 N–H and O–H groups in total. The number of fused-ring (bicyclic) bond motifs is 1. The third-order valence-electron chi connectivity index (χ3n) is 3.97. The number of carbonyl (C=O) groups excluding carboxylic acids is 1. The minimum absolute atomic E-state index is 0.0374. The Kier molecular flexibility index (Phi) is 5.51. The van der Waals surface area contributed by atoms with Gasteiger partial charge in [-0.25, -0.2) is 4.79 Å². The number of carboxylic acids is 1. The number of oxime groups is 1. The van der Waals surface area contributed by atoms with Crippen molar-refractivity contribution >= 4 is 24.7 Å². The van der Waals surface area contributed by atoms with Crippen molar-refractivity contribution in [3.63, 3.8) is 0 Å². The lowest BCUT2D eigenvalue weighted by atomic mass is 9.72. The van der Waals surface area contributed by atoms with Crippen LogP contribution in [0.5, 0.6) is 5.75 Å². The highest BCUT2D eigenvalue weighted by molar-refractivity contribution is 6.50. The standard InChI is InChI=1S/C14H16BN7O6/c16-4-5-22-19-12(18-21-22)10(20-27)13(23)17-9-6-7-2-1-3-8(14(24)25)11(7)28-15(9)26/h1-3,9,26-27H,4-6,16H2,(H,17,23)(H,24,25). The number of hydrogen-bond donors (Lipinski definition) is 5. The van der Waals surface area contributed by atoms with E-state index in [0.29, 0.717) is 5.56 Å². The Morgan fingerprint density at radius 2 is 2.25 bits per heavy atom. The Morgan fingerprint density at radius 3 is 2.93 bits per heavy atom. The van der Waals surface area contributed by atoms with E-state index in [1.807, 2.05) is 0 Å². The lowest BCUT2D eigenvalue weighted by molar-refractivity contribution is -0.115. The molecule has 0 saturated heterocycles. The van der Waals surface area contributed by atoms with E-state index in [4.69, 9.17) is 15.6 Å². The molecule has 1 aromatic carbocycles. The Hall–Kier alpha value is -3.52. The number of carbonyl (C=O) groups is 2. The molecular weight excluding hydrogens is 373 g/mol. The fourth-order valence-corrected chi connectivity index (χ4v) is 2.69. The van der Waals surface area contributed by atoms with Crippen LogP contribution in [-0.2, 0) is 17.8 Å². The molecule has 2 heterocycles. The molecule has 1 atom stereocenters. The number of para-hydroxylation sites is 1. The van der Waals surface area contributed by atoms with Gasteiger partial charge in [-0.3, -0.25) is 4.79 Å². The van der Waals surface area contributed by atoms with Gasteiger partial charge in [0.25, 0.3) is 5.91 Å². The molecule has 14 heteroatoms. The van der Waals surface area contributed by atoms with Crippen LogP contribution in [0.4, 0.5) is 0 Å². The van der Waals surface area contributed by atoms with E-state index in [0.717, 1.165) is 4.80 Å². The molecule has 0 radical (unpaired) electrons. The van der Waals surface area contributed by atoms with E-state index in [1.165, 1.54) is 12.1 Å². The van der Waals surface area contributed by atoms with Crippen LogP contribution in [0.15, 0.2) is 23.4 Å². The predicted molar refractivity (Wildman–Crippen MR) is 92.8 cm³/mol. The molecule has 0 fully saturated rings. The molecule has 3 rings (SSSR count). The maximum atomic E-state index is 12.4. The number of aromatic carboxylic acids is 1. The van der Waals surface area contributed by atoms with E-state index < -0.39 is 30.6 Å². The molecule has 1 aliphatic heterocycles. The van der Waals surface area contributed by atoms with E-state index in [2.05, 4.69) is 25.9 Å². The fourth-order valence-electron chi connectivity index (χ4n) is 2.69. The van der Waals surface area contributed by atoms with Crippen molar-refractivity contribution in [3.05, 3.63) is 35.2 Å². The van der Waals surface area contributed by atoms with Gasteiger partial charge in [-0.2, -0.15) is 4.80 Å². The Balaban J connectivity index is 1.76. The number of nitrogens with zero attached hydrogens (tertiary/aromatic N) is 5. The molecule has 146 valence electrons. The van der Waals surface area contributed by atoms with Crippen molar-refractivity contribution in [1.29, 1.82) is 0 Å². The Bertz CT molecular complexity index is 933. The predicted octanol–water partition coefficient (Wildman–Crippen LogP) is -2.35. The molecule has 0 aliphatic carbocycles.